The molecule has 0 unspecified atom stereocenters. The lowest BCUT2D eigenvalue weighted by Gasteiger charge is -2.30. The van der Waals surface area contributed by atoms with Crippen LogP contribution in [0, 0.1) is 17.0 Å². The number of benzene rings is 2. The van der Waals surface area contributed by atoms with Crippen molar-refractivity contribution < 1.29 is 28.2 Å². The summed E-state index contributed by atoms with van der Waals surface area (Å²) < 4.78 is 41.9. The number of methoxy groups -OCH3 is 1. The maximum absolute atomic E-state index is 15.7. The maximum Gasteiger partial charge on any atom is 0.304 e. The molecule has 1 aromatic heterocycles. The van der Waals surface area contributed by atoms with Crippen LogP contribution in [0.3, 0.4) is 0 Å². The molecule has 2 aromatic carbocycles. The second kappa shape index (κ2) is 10.2. The SMILES string of the molecule is COc1cc(-c2ccc(COc3ccc4c(c3F)[C@](C)(CC(=O)O)CC4)cc2[C@H]2CCCC2(C)C)c(F)cn1. The first-order chi connectivity index (χ1) is 18.5. The van der Waals surface area contributed by atoms with Gasteiger partial charge < -0.3 is 14.6 Å². The van der Waals surface area contributed by atoms with Crippen molar-refractivity contribution in [3.63, 3.8) is 0 Å². The van der Waals surface area contributed by atoms with Crippen LogP contribution in [0.2, 0.25) is 0 Å². The lowest BCUT2D eigenvalue weighted by molar-refractivity contribution is -0.138. The van der Waals surface area contributed by atoms with Gasteiger partial charge in [-0.3, -0.25) is 4.79 Å². The molecule has 2 atom stereocenters. The summed E-state index contributed by atoms with van der Waals surface area (Å²) in [6, 6.07) is 10.9. The molecule has 0 bridgehead atoms. The summed E-state index contributed by atoms with van der Waals surface area (Å²) in [5.74, 6) is -1.15. The van der Waals surface area contributed by atoms with Crippen LogP contribution in [0.15, 0.2) is 42.6 Å². The minimum atomic E-state index is -0.943. The fraction of sp³-hybridized carbons (Fsp3) is 0.438. The van der Waals surface area contributed by atoms with Crippen molar-refractivity contribution >= 4 is 5.97 Å². The molecule has 5 nitrogen and oxygen atoms in total. The fourth-order valence-electron chi connectivity index (χ4n) is 6.65. The molecule has 0 radical (unpaired) electrons. The lowest BCUT2D eigenvalue weighted by Crippen LogP contribution is -2.24. The Balaban J connectivity index is 1.49. The van der Waals surface area contributed by atoms with Crippen molar-refractivity contribution in [2.24, 2.45) is 5.41 Å². The van der Waals surface area contributed by atoms with E-state index in [9.17, 15) is 14.3 Å². The minimum Gasteiger partial charge on any atom is -0.486 e. The van der Waals surface area contributed by atoms with Crippen LogP contribution in [0.5, 0.6) is 11.6 Å². The number of aryl methyl sites for hydroxylation is 1. The highest BCUT2D eigenvalue weighted by Gasteiger charge is 2.40. The Kier molecular flexibility index (Phi) is 7.12. The van der Waals surface area contributed by atoms with E-state index in [1.54, 1.807) is 19.1 Å². The van der Waals surface area contributed by atoms with Crippen molar-refractivity contribution in [1.82, 2.24) is 4.98 Å². The van der Waals surface area contributed by atoms with Crippen molar-refractivity contribution in [3.05, 3.63) is 76.5 Å². The zero-order chi connectivity index (χ0) is 27.9. The molecule has 1 fully saturated rings. The van der Waals surface area contributed by atoms with Gasteiger partial charge in [0.15, 0.2) is 11.6 Å². The number of halogens is 2. The highest BCUT2D eigenvalue weighted by atomic mass is 19.1. The Morgan fingerprint density at radius 3 is 2.59 bits per heavy atom. The first kappa shape index (κ1) is 27.1. The Labute approximate surface area is 228 Å². The monoisotopic (exact) mass is 535 g/mol. The predicted octanol–water partition coefficient (Wildman–Crippen LogP) is 7.59. The number of hydrogen-bond acceptors (Lipinski definition) is 4. The quantitative estimate of drug-likeness (QED) is 0.322. The van der Waals surface area contributed by atoms with Crippen molar-refractivity contribution in [3.8, 4) is 22.8 Å². The van der Waals surface area contributed by atoms with E-state index in [0.29, 0.717) is 29.8 Å². The van der Waals surface area contributed by atoms with Gasteiger partial charge in [-0.05, 0) is 65.3 Å². The fourth-order valence-corrected chi connectivity index (χ4v) is 6.65. The summed E-state index contributed by atoms with van der Waals surface area (Å²) in [6.45, 7) is 6.43. The highest BCUT2D eigenvalue weighted by Crippen LogP contribution is 2.51. The third kappa shape index (κ3) is 5.11. The average Bonchev–Trinajstić information content (AvgIpc) is 3.42. The van der Waals surface area contributed by atoms with Gasteiger partial charge >= 0.3 is 5.97 Å². The Bertz CT molecular complexity index is 1420. The largest absolute Gasteiger partial charge is 0.486 e. The van der Waals surface area contributed by atoms with Crippen molar-refractivity contribution in [2.75, 3.05) is 7.11 Å². The molecule has 1 heterocycles. The summed E-state index contributed by atoms with van der Waals surface area (Å²) in [6.07, 6.45) is 5.46. The number of aliphatic carboxylic acids is 1. The number of ether oxygens (including phenoxy) is 2. The van der Waals surface area contributed by atoms with Crippen LogP contribution in [0.25, 0.3) is 11.1 Å². The zero-order valence-corrected chi connectivity index (χ0v) is 22.9. The van der Waals surface area contributed by atoms with Gasteiger partial charge in [0.05, 0.1) is 19.7 Å². The smallest absolute Gasteiger partial charge is 0.304 e. The molecule has 206 valence electrons. The van der Waals surface area contributed by atoms with Gasteiger partial charge in [-0.25, -0.2) is 13.8 Å². The van der Waals surface area contributed by atoms with Gasteiger partial charge in [0.2, 0.25) is 5.88 Å². The number of fused-ring (bicyclic) bond motifs is 1. The number of nitrogens with zero attached hydrogens (tertiary/aromatic N) is 1. The van der Waals surface area contributed by atoms with E-state index in [4.69, 9.17) is 9.47 Å². The van der Waals surface area contributed by atoms with Gasteiger partial charge in [-0.1, -0.05) is 51.5 Å². The van der Waals surface area contributed by atoms with E-state index in [1.807, 2.05) is 18.2 Å². The Hall–Kier alpha value is -3.48. The number of carboxylic acid groups (broad SMARTS) is 1. The summed E-state index contributed by atoms with van der Waals surface area (Å²) in [7, 11) is 1.51. The molecule has 2 aliphatic carbocycles. The summed E-state index contributed by atoms with van der Waals surface area (Å²) >= 11 is 0. The van der Waals surface area contributed by atoms with Crippen molar-refractivity contribution in [2.45, 2.75) is 77.2 Å². The minimum absolute atomic E-state index is 0.0442. The molecule has 0 saturated heterocycles. The lowest BCUT2D eigenvalue weighted by atomic mass is 9.75. The molecule has 3 aromatic rings. The molecule has 1 N–H and O–H groups in total. The van der Waals surface area contributed by atoms with Crippen LogP contribution in [-0.4, -0.2) is 23.2 Å². The summed E-state index contributed by atoms with van der Waals surface area (Å²) in [5.41, 5.74) is 3.70. The van der Waals surface area contributed by atoms with E-state index in [-0.39, 0.29) is 30.1 Å². The van der Waals surface area contributed by atoms with Crippen LogP contribution in [0.4, 0.5) is 8.78 Å². The van der Waals surface area contributed by atoms with Gasteiger partial charge in [0.1, 0.15) is 12.4 Å². The number of pyridine rings is 1. The maximum atomic E-state index is 15.7. The first-order valence-electron chi connectivity index (χ1n) is 13.5. The van der Waals surface area contributed by atoms with E-state index < -0.39 is 23.0 Å². The molecule has 2 aliphatic rings. The molecule has 5 rings (SSSR count). The van der Waals surface area contributed by atoms with Gasteiger partial charge in [0.25, 0.3) is 0 Å². The number of aromatic nitrogens is 1. The number of carbonyl (C=O) groups is 1. The number of carboxylic acids is 1. The topological polar surface area (TPSA) is 68.7 Å². The van der Waals surface area contributed by atoms with Crippen LogP contribution >= 0.6 is 0 Å². The molecular formula is C32H35F2NO4. The molecule has 0 spiro atoms. The average molecular weight is 536 g/mol. The molecule has 1 saturated carbocycles. The standard InChI is InChI=1S/C32H35F2NO4/c1-31(2)12-5-6-24(31)22-14-19(7-9-21(22)23-15-27(38-4)35-17-25(23)33)18-39-26-10-8-20-11-13-32(3,16-28(36)37)29(20)30(26)34/h7-10,14-15,17,24H,5-6,11-13,16,18H2,1-4H3,(H,36,37)/t24-,32+/m1/s1. The van der Waals surface area contributed by atoms with Gasteiger partial charge in [-0.15, -0.1) is 0 Å². The van der Waals surface area contributed by atoms with E-state index in [1.165, 1.54) is 13.3 Å². The second-order valence-electron chi connectivity index (χ2n) is 11.9. The molecule has 7 heteroatoms. The van der Waals surface area contributed by atoms with E-state index in [0.717, 1.165) is 41.5 Å². The number of hydrogen-bond donors (Lipinski definition) is 1. The zero-order valence-electron chi connectivity index (χ0n) is 22.9. The van der Waals surface area contributed by atoms with Crippen LogP contribution in [0.1, 0.15) is 81.0 Å². The summed E-state index contributed by atoms with van der Waals surface area (Å²) in [5, 5.41) is 9.39. The normalized spacial score (nSPS) is 21.5. The molecule has 39 heavy (non-hydrogen) atoms. The molecular weight excluding hydrogens is 500 g/mol. The second-order valence-corrected chi connectivity index (χ2v) is 11.9. The van der Waals surface area contributed by atoms with Crippen molar-refractivity contribution in [1.29, 1.82) is 0 Å². The third-order valence-corrected chi connectivity index (χ3v) is 8.76. The Morgan fingerprint density at radius 2 is 1.90 bits per heavy atom. The van der Waals surface area contributed by atoms with Gasteiger partial charge in [0, 0.05) is 22.6 Å². The first-order valence-corrected chi connectivity index (χ1v) is 13.5. The third-order valence-electron chi connectivity index (χ3n) is 8.76. The molecule has 0 amide bonds. The number of rotatable bonds is 8. The highest BCUT2D eigenvalue weighted by molar-refractivity contribution is 5.71. The summed E-state index contributed by atoms with van der Waals surface area (Å²) in [4.78, 5) is 15.5. The van der Waals surface area contributed by atoms with E-state index in [2.05, 4.69) is 24.9 Å². The van der Waals surface area contributed by atoms with Crippen LogP contribution in [-0.2, 0) is 23.2 Å². The molecule has 0 aliphatic heterocycles. The predicted molar refractivity (Wildman–Crippen MR) is 145 cm³/mol. The van der Waals surface area contributed by atoms with E-state index >= 15 is 4.39 Å². The Morgan fingerprint density at radius 1 is 1.10 bits per heavy atom. The van der Waals surface area contributed by atoms with Crippen LogP contribution < -0.4 is 9.47 Å². The van der Waals surface area contributed by atoms with Gasteiger partial charge in [-0.2, -0.15) is 0 Å².